The van der Waals surface area contributed by atoms with E-state index < -0.39 is 12.4 Å². The average molecular weight is 300 g/mol. The summed E-state index contributed by atoms with van der Waals surface area (Å²) in [7, 11) is 0. The molecule has 0 saturated heterocycles. The summed E-state index contributed by atoms with van der Waals surface area (Å²) >= 11 is 0. The summed E-state index contributed by atoms with van der Waals surface area (Å²) in [6.07, 6.45) is -5.91. The molecule has 2 aromatic rings. The van der Waals surface area contributed by atoms with Crippen molar-refractivity contribution < 1.29 is 26.7 Å². The van der Waals surface area contributed by atoms with Crippen LogP contribution in [0.2, 0.25) is 0 Å². The zero-order chi connectivity index (χ0) is 15.5. The number of benzene rings is 2. The van der Waals surface area contributed by atoms with Crippen LogP contribution in [0.3, 0.4) is 0 Å². The molecule has 6 heteroatoms. The van der Waals surface area contributed by atoms with Gasteiger partial charge in [-0.2, -0.15) is 8.78 Å². The molecule has 0 unspecified atom stereocenters. The summed E-state index contributed by atoms with van der Waals surface area (Å²) in [6.45, 7) is 0. The lowest BCUT2D eigenvalue weighted by Gasteiger charge is -2.10. The van der Waals surface area contributed by atoms with Crippen molar-refractivity contribution >= 4 is 6.08 Å². The Bertz CT molecular complexity index is 640. The first-order valence-corrected chi connectivity index (χ1v) is 5.83. The van der Waals surface area contributed by atoms with Gasteiger partial charge in [0.25, 0.3) is 6.08 Å². The van der Waals surface area contributed by atoms with E-state index >= 15 is 0 Å². The average Bonchev–Trinajstić information content (AvgIpc) is 2.38. The van der Waals surface area contributed by atoms with Crippen LogP contribution in [0.5, 0.6) is 5.75 Å². The van der Waals surface area contributed by atoms with Crippen LogP contribution in [-0.2, 0) is 0 Å². The Kier molecular flexibility index (Phi) is 4.26. The van der Waals surface area contributed by atoms with Crippen molar-refractivity contribution in [2.24, 2.45) is 0 Å². The highest BCUT2D eigenvalue weighted by atomic mass is 19.4. The highest BCUT2D eigenvalue weighted by Gasteiger charge is 2.30. The van der Waals surface area contributed by atoms with Gasteiger partial charge in [0, 0.05) is 6.08 Å². The third-order valence-electron chi connectivity index (χ3n) is 2.62. The minimum Gasteiger partial charge on any atom is -0.406 e. The molecule has 0 bridgehead atoms. The van der Waals surface area contributed by atoms with Crippen LogP contribution in [0.25, 0.3) is 17.2 Å². The predicted molar refractivity (Wildman–Crippen MR) is 68.8 cm³/mol. The van der Waals surface area contributed by atoms with Gasteiger partial charge in [-0.1, -0.05) is 36.4 Å². The smallest absolute Gasteiger partial charge is 0.406 e. The molecule has 0 heterocycles. The summed E-state index contributed by atoms with van der Waals surface area (Å²) in [5.74, 6) is -0.365. The molecule has 0 amide bonds. The Balaban J connectivity index is 2.33. The van der Waals surface area contributed by atoms with Crippen LogP contribution in [-0.4, -0.2) is 6.36 Å². The molecule has 0 spiro atoms. The minimum absolute atomic E-state index is 0.280. The van der Waals surface area contributed by atoms with E-state index in [0.29, 0.717) is 17.2 Å². The van der Waals surface area contributed by atoms with Crippen molar-refractivity contribution in [3.05, 3.63) is 60.2 Å². The molecule has 110 valence electrons. The first kappa shape index (κ1) is 15.0. The van der Waals surface area contributed by atoms with Crippen molar-refractivity contribution in [2.45, 2.75) is 6.36 Å². The van der Waals surface area contributed by atoms with E-state index in [0.717, 1.165) is 12.1 Å². The molecular weight excluding hydrogens is 291 g/mol. The number of ether oxygens (including phenoxy) is 1. The third-order valence-corrected chi connectivity index (χ3v) is 2.62. The topological polar surface area (TPSA) is 9.23 Å². The lowest BCUT2D eigenvalue weighted by atomic mass is 10.00. The third kappa shape index (κ3) is 4.30. The zero-order valence-corrected chi connectivity index (χ0v) is 10.5. The fraction of sp³-hybridized carbons (Fsp3) is 0.0667. The van der Waals surface area contributed by atoms with E-state index in [9.17, 15) is 22.0 Å². The molecule has 0 saturated carbocycles. The fourth-order valence-corrected chi connectivity index (χ4v) is 1.84. The lowest BCUT2D eigenvalue weighted by molar-refractivity contribution is -0.274. The summed E-state index contributed by atoms with van der Waals surface area (Å²) in [6, 6.07) is 11.4. The van der Waals surface area contributed by atoms with Crippen molar-refractivity contribution in [3.63, 3.8) is 0 Å². The van der Waals surface area contributed by atoms with Gasteiger partial charge >= 0.3 is 6.36 Å². The maximum atomic E-state index is 12.4. The Morgan fingerprint density at radius 1 is 0.905 bits per heavy atom. The first-order valence-electron chi connectivity index (χ1n) is 5.83. The van der Waals surface area contributed by atoms with Gasteiger partial charge in [0.2, 0.25) is 0 Å². The van der Waals surface area contributed by atoms with E-state index in [1.54, 1.807) is 18.2 Å². The molecule has 0 radical (unpaired) electrons. The van der Waals surface area contributed by atoms with Crippen LogP contribution in [0.1, 0.15) is 5.56 Å². The molecule has 0 atom stereocenters. The number of rotatable bonds is 3. The van der Waals surface area contributed by atoms with Gasteiger partial charge in [0.1, 0.15) is 5.75 Å². The lowest BCUT2D eigenvalue weighted by Crippen LogP contribution is -2.16. The molecule has 2 aromatic carbocycles. The molecule has 0 aliphatic rings. The highest BCUT2D eigenvalue weighted by Crippen LogP contribution is 2.29. The monoisotopic (exact) mass is 300 g/mol. The van der Waals surface area contributed by atoms with E-state index in [-0.39, 0.29) is 11.3 Å². The molecule has 2 rings (SSSR count). The van der Waals surface area contributed by atoms with Crippen molar-refractivity contribution in [1.82, 2.24) is 0 Å². The number of hydrogen-bond donors (Lipinski definition) is 0. The molecule has 0 fully saturated rings. The Hall–Kier alpha value is -2.37. The van der Waals surface area contributed by atoms with Gasteiger partial charge in [0.05, 0.1) is 0 Å². The molecule has 0 aliphatic carbocycles. The van der Waals surface area contributed by atoms with Gasteiger partial charge in [-0.25, -0.2) is 0 Å². The quantitative estimate of drug-likeness (QED) is 0.681. The molecule has 0 aromatic heterocycles. The van der Waals surface area contributed by atoms with Crippen LogP contribution in [0.15, 0.2) is 54.6 Å². The van der Waals surface area contributed by atoms with E-state index in [1.807, 2.05) is 0 Å². The summed E-state index contributed by atoms with van der Waals surface area (Å²) < 4.78 is 64.7. The normalized spacial score (nSPS) is 11.1. The van der Waals surface area contributed by atoms with Crippen molar-refractivity contribution in [1.29, 1.82) is 0 Å². The Labute approximate surface area is 117 Å². The van der Waals surface area contributed by atoms with Crippen molar-refractivity contribution in [2.75, 3.05) is 0 Å². The second-order valence-electron chi connectivity index (χ2n) is 4.09. The maximum Gasteiger partial charge on any atom is 0.573 e. The van der Waals surface area contributed by atoms with Gasteiger partial charge in [-0.3, -0.25) is 0 Å². The first-order chi connectivity index (χ1) is 9.85. The standard InChI is InChI=1S/C15H9F5O/c16-14(17)9-11-3-1-2-4-13(11)10-5-7-12(8-6-10)21-15(18,19)20/h1-9H. The van der Waals surface area contributed by atoms with Gasteiger partial charge in [-0.15, -0.1) is 13.2 Å². The van der Waals surface area contributed by atoms with Crippen LogP contribution < -0.4 is 4.74 Å². The predicted octanol–water partition coefficient (Wildman–Crippen LogP) is 5.49. The number of halogens is 5. The summed E-state index contributed by atoms with van der Waals surface area (Å²) in [5.41, 5.74) is 1.28. The molecule has 0 aliphatic heterocycles. The second-order valence-corrected chi connectivity index (χ2v) is 4.09. The van der Waals surface area contributed by atoms with Gasteiger partial charge < -0.3 is 4.74 Å². The van der Waals surface area contributed by atoms with Crippen LogP contribution in [0, 0.1) is 0 Å². The van der Waals surface area contributed by atoms with Crippen LogP contribution in [0.4, 0.5) is 22.0 Å². The molecule has 21 heavy (non-hydrogen) atoms. The number of hydrogen-bond acceptors (Lipinski definition) is 1. The fourth-order valence-electron chi connectivity index (χ4n) is 1.84. The summed E-state index contributed by atoms with van der Waals surface area (Å²) in [5, 5.41) is 0. The Morgan fingerprint density at radius 3 is 2.10 bits per heavy atom. The summed E-state index contributed by atoms with van der Waals surface area (Å²) in [4.78, 5) is 0. The van der Waals surface area contributed by atoms with E-state index in [4.69, 9.17) is 0 Å². The second kappa shape index (κ2) is 5.95. The zero-order valence-electron chi connectivity index (χ0n) is 10.5. The Morgan fingerprint density at radius 2 is 1.52 bits per heavy atom. The highest BCUT2D eigenvalue weighted by molar-refractivity contribution is 5.75. The SMILES string of the molecule is FC(F)=Cc1ccccc1-c1ccc(OC(F)(F)F)cc1. The van der Waals surface area contributed by atoms with E-state index in [1.165, 1.54) is 18.2 Å². The maximum absolute atomic E-state index is 12.4. The number of alkyl halides is 3. The molecule has 0 N–H and O–H groups in total. The largest absolute Gasteiger partial charge is 0.573 e. The van der Waals surface area contributed by atoms with Gasteiger partial charge in [-0.05, 0) is 28.8 Å². The van der Waals surface area contributed by atoms with Crippen LogP contribution >= 0.6 is 0 Å². The van der Waals surface area contributed by atoms with Crippen molar-refractivity contribution in [3.8, 4) is 16.9 Å². The van der Waals surface area contributed by atoms with E-state index in [2.05, 4.69) is 4.74 Å². The minimum atomic E-state index is -4.76. The molecular formula is C15H9F5O. The molecule has 1 nitrogen and oxygen atoms in total. The van der Waals surface area contributed by atoms with Gasteiger partial charge in [0.15, 0.2) is 0 Å².